The molecule has 2 nitrogen and oxygen atoms in total. The number of nitrogens with one attached hydrogen (secondary N) is 1. The largest absolute Gasteiger partial charge is 0.269 e. The fourth-order valence-corrected chi connectivity index (χ4v) is 40.5. The van der Waals surface area contributed by atoms with Crippen LogP contribution in [0.4, 0.5) is 0 Å². The van der Waals surface area contributed by atoms with Crippen LogP contribution in [0.2, 0.25) is 39.3 Å². The minimum Gasteiger partial charge on any atom is -0.267 e. The molecule has 1 aliphatic heterocycles. The van der Waals surface area contributed by atoms with Gasteiger partial charge >= 0.3 is 0 Å². The van der Waals surface area contributed by atoms with E-state index in [9.17, 15) is 4.79 Å². The molecular formula is C23H30NOSi3. The number of rotatable bonds is 2. The molecule has 1 radical (unpaired) electrons. The number of amides is 1. The first kappa shape index (κ1) is 19.6. The van der Waals surface area contributed by atoms with E-state index in [-0.39, 0.29) is 0 Å². The number of benzene rings is 2. The normalized spacial score (nSPS) is 20.5. The van der Waals surface area contributed by atoms with Crippen molar-refractivity contribution in [2.45, 2.75) is 52.6 Å². The first-order valence-electron chi connectivity index (χ1n) is 10.1. The fraction of sp³-hybridized carbons (Fsp3) is 0.348. The molecule has 5 heteroatoms. The fourth-order valence-electron chi connectivity index (χ4n) is 5.49. The highest BCUT2D eigenvalue weighted by Crippen LogP contribution is 2.40. The van der Waals surface area contributed by atoms with Crippen LogP contribution >= 0.6 is 0 Å². The highest BCUT2D eigenvalue weighted by Gasteiger charge is 2.62. The average molecular weight is 421 g/mol. The molecule has 145 valence electrons. The SMILES string of the molecule is CC1=Cc2c(cccc2-c2ccc(C([NH])=O)c3c2[Si](C)(C)[Si](C)(C)[Si]3(C)C)C1. The molecule has 0 atom stereocenters. The lowest BCUT2D eigenvalue weighted by Crippen LogP contribution is -2.68. The molecule has 1 N–H and O–H groups in total. The van der Waals surface area contributed by atoms with Gasteiger partial charge in [-0.25, -0.2) is 0 Å². The van der Waals surface area contributed by atoms with Gasteiger partial charge in [0.05, 0.1) is 15.2 Å². The van der Waals surface area contributed by atoms with Gasteiger partial charge in [-0.15, -0.1) is 0 Å². The van der Waals surface area contributed by atoms with E-state index in [4.69, 9.17) is 5.73 Å². The highest BCUT2D eigenvalue weighted by atomic mass is 29.6. The zero-order valence-electron chi connectivity index (χ0n) is 18.1. The Morgan fingerprint density at radius 2 is 1.54 bits per heavy atom. The Kier molecular flexibility index (Phi) is 4.14. The van der Waals surface area contributed by atoms with Crippen LogP contribution in [0.3, 0.4) is 0 Å². The van der Waals surface area contributed by atoms with Gasteiger partial charge in [0, 0.05) is 12.7 Å². The van der Waals surface area contributed by atoms with Gasteiger partial charge in [0.25, 0.3) is 5.91 Å². The van der Waals surface area contributed by atoms with Crippen LogP contribution in [-0.4, -0.2) is 28.2 Å². The minimum absolute atomic E-state index is 0.506. The number of carbonyl (C=O) groups is 1. The Bertz CT molecular complexity index is 1060. The number of allylic oxidation sites excluding steroid dienone is 1. The molecule has 1 aliphatic carbocycles. The van der Waals surface area contributed by atoms with Crippen LogP contribution in [0.1, 0.15) is 28.4 Å². The summed E-state index contributed by atoms with van der Waals surface area (Å²) in [6, 6.07) is 10.8. The van der Waals surface area contributed by atoms with Gasteiger partial charge in [0.1, 0.15) is 0 Å². The lowest BCUT2D eigenvalue weighted by molar-refractivity contribution is 0.0993. The second-order valence-corrected chi connectivity index (χ2v) is 37.4. The third kappa shape index (κ3) is 2.33. The van der Waals surface area contributed by atoms with Gasteiger partial charge in [-0.2, -0.15) is 0 Å². The summed E-state index contributed by atoms with van der Waals surface area (Å²) in [6.07, 6.45) is 3.38. The van der Waals surface area contributed by atoms with Crippen molar-refractivity contribution in [2.24, 2.45) is 0 Å². The van der Waals surface area contributed by atoms with Crippen LogP contribution in [-0.2, 0) is 6.42 Å². The molecule has 0 spiro atoms. The lowest BCUT2D eigenvalue weighted by atomic mass is 9.96. The molecule has 2 aromatic rings. The Morgan fingerprint density at radius 1 is 0.893 bits per heavy atom. The van der Waals surface area contributed by atoms with Crippen molar-refractivity contribution in [1.82, 2.24) is 5.73 Å². The molecule has 2 aromatic carbocycles. The van der Waals surface area contributed by atoms with E-state index in [0.29, 0.717) is 5.56 Å². The summed E-state index contributed by atoms with van der Waals surface area (Å²) in [6.45, 7) is 17.3. The molecule has 1 amide bonds. The Morgan fingerprint density at radius 3 is 2.18 bits per heavy atom. The van der Waals surface area contributed by atoms with E-state index in [1.54, 1.807) is 0 Å². The van der Waals surface area contributed by atoms with Gasteiger partial charge < -0.3 is 0 Å². The van der Waals surface area contributed by atoms with Gasteiger partial charge in [-0.1, -0.05) is 85.6 Å². The van der Waals surface area contributed by atoms with E-state index in [1.165, 1.54) is 38.2 Å². The molecular weight excluding hydrogens is 391 g/mol. The summed E-state index contributed by atoms with van der Waals surface area (Å²) in [4.78, 5) is 12.3. The van der Waals surface area contributed by atoms with E-state index in [1.807, 2.05) is 6.07 Å². The minimum atomic E-state index is -1.79. The summed E-state index contributed by atoms with van der Waals surface area (Å²) in [5.41, 5.74) is 15.5. The second kappa shape index (κ2) is 5.91. The van der Waals surface area contributed by atoms with Gasteiger partial charge in [-0.05, 0) is 41.7 Å². The molecule has 28 heavy (non-hydrogen) atoms. The maximum atomic E-state index is 12.3. The predicted octanol–water partition coefficient (Wildman–Crippen LogP) is 4.45. The monoisotopic (exact) mass is 420 g/mol. The molecule has 0 saturated carbocycles. The summed E-state index contributed by atoms with van der Waals surface area (Å²) in [5, 5.41) is 2.83. The van der Waals surface area contributed by atoms with Crippen LogP contribution in [0, 0.1) is 0 Å². The molecule has 1 heterocycles. The zero-order chi connectivity index (χ0) is 20.6. The molecule has 0 unspecified atom stereocenters. The van der Waals surface area contributed by atoms with Crippen molar-refractivity contribution in [3.63, 3.8) is 0 Å². The van der Waals surface area contributed by atoms with E-state index < -0.39 is 28.2 Å². The van der Waals surface area contributed by atoms with E-state index in [0.717, 1.165) is 6.42 Å². The van der Waals surface area contributed by atoms with Crippen LogP contribution in [0.5, 0.6) is 0 Å². The number of fused-ring (bicyclic) bond motifs is 2. The van der Waals surface area contributed by atoms with Crippen LogP contribution < -0.4 is 16.1 Å². The smallest absolute Gasteiger partial charge is 0.267 e. The van der Waals surface area contributed by atoms with Crippen molar-refractivity contribution < 1.29 is 4.79 Å². The maximum absolute atomic E-state index is 12.3. The molecule has 0 aromatic heterocycles. The van der Waals surface area contributed by atoms with Crippen molar-refractivity contribution in [3.8, 4) is 11.1 Å². The van der Waals surface area contributed by atoms with E-state index in [2.05, 4.69) is 76.5 Å². The highest BCUT2D eigenvalue weighted by molar-refractivity contribution is 7.76. The molecule has 0 bridgehead atoms. The third-order valence-corrected chi connectivity index (χ3v) is 49.7. The van der Waals surface area contributed by atoms with Crippen molar-refractivity contribution >= 4 is 44.6 Å². The molecule has 0 fully saturated rings. The topological polar surface area (TPSA) is 40.9 Å². The zero-order valence-corrected chi connectivity index (χ0v) is 21.1. The van der Waals surface area contributed by atoms with Crippen molar-refractivity contribution in [1.29, 1.82) is 0 Å². The van der Waals surface area contributed by atoms with Gasteiger partial charge in [0.2, 0.25) is 0 Å². The lowest BCUT2D eigenvalue weighted by Gasteiger charge is -2.40. The quantitative estimate of drug-likeness (QED) is 0.662. The van der Waals surface area contributed by atoms with E-state index >= 15 is 0 Å². The van der Waals surface area contributed by atoms with Gasteiger partial charge in [-0.3, -0.25) is 10.5 Å². The standard InChI is InChI=1S/C23H30NOSi3/c1-15-13-16-9-8-10-17(20(16)14-15)18-11-12-19(23(24)25)22-21(18)26(2,3)28(6,7)27(22,4)5/h8-12,14,24H,13H2,1-7H3. The summed E-state index contributed by atoms with van der Waals surface area (Å²) in [7, 11) is -5.08. The Balaban J connectivity index is 2.13. The van der Waals surface area contributed by atoms with Gasteiger partial charge in [0.15, 0.2) is 0 Å². The molecule has 0 saturated heterocycles. The summed E-state index contributed by atoms with van der Waals surface area (Å²) < 4.78 is 0. The van der Waals surface area contributed by atoms with Crippen LogP contribution in [0.15, 0.2) is 35.9 Å². The summed E-state index contributed by atoms with van der Waals surface area (Å²) in [5.74, 6) is -0.506. The second-order valence-electron chi connectivity index (χ2n) is 10.2. The first-order valence-corrected chi connectivity index (χ1v) is 21.1. The Hall–Kier alpha value is -1.70. The number of hydrogen-bond acceptors (Lipinski definition) is 1. The molecule has 2 aliphatic rings. The van der Waals surface area contributed by atoms with Crippen molar-refractivity contribution in [3.05, 3.63) is 52.6 Å². The maximum Gasteiger partial charge on any atom is 0.269 e. The predicted molar refractivity (Wildman–Crippen MR) is 128 cm³/mol. The first-order chi connectivity index (χ1) is 12.9. The summed E-state index contributed by atoms with van der Waals surface area (Å²) >= 11 is 0. The average Bonchev–Trinajstić information content (AvgIpc) is 3.03. The number of hydrogen-bond donors (Lipinski definition) is 0. The Labute approximate surface area is 171 Å². The van der Waals surface area contributed by atoms with Crippen molar-refractivity contribution in [2.75, 3.05) is 0 Å². The molecule has 4 rings (SSSR count). The third-order valence-electron chi connectivity index (χ3n) is 8.17. The van der Waals surface area contributed by atoms with Crippen LogP contribution in [0.25, 0.3) is 17.2 Å². The number of carbonyl (C=O) groups excluding carboxylic acids is 1.